The standard InChI is InChI=1S/C18H22ClNO/c1-12-8-14-16(9-18(2,3)10-17(14)21-12)20-11-13-6-4-5-7-15(13)19/h4-8,16,20H,9-11H2,1-3H3. The van der Waals surface area contributed by atoms with E-state index in [0.717, 1.165) is 41.5 Å². The highest BCUT2D eigenvalue weighted by Gasteiger charge is 2.34. The van der Waals surface area contributed by atoms with Gasteiger partial charge in [-0.05, 0) is 36.5 Å². The average molecular weight is 304 g/mol. The van der Waals surface area contributed by atoms with Crippen LogP contribution in [-0.2, 0) is 13.0 Å². The third-order valence-corrected chi connectivity index (χ3v) is 4.60. The fourth-order valence-electron chi connectivity index (χ4n) is 3.24. The molecule has 0 bridgehead atoms. The zero-order valence-electron chi connectivity index (χ0n) is 12.9. The van der Waals surface area contributed by atoms with Crippen LogP contribution in [0.15, 0.2) is 34.7 Å². The molecule has 1 aliphatic rings. The number of halogens is 1. The highest BCUT2D eigenvalue weighted by atomic mass is 35.5. The third-order valence-electron chi connectivity index (χ3n) is 4.23. The van der Waals surface area contributed by atoms with Crippen molar-refractivity contribution in [1.82, 2.24) is 5.32 Å². The number of furan rings is 1. The zero-order valence-corrected chi connectivity index (χ0v) is 13.6. The Balaban J connectivity index is 1.80. The third kappa shape index (κ3) is 3.17. The Hall–Kier alpha value is -1.25. The first-order chi connectivity index (χ1) is 9.94. The van der Waals surface area contributed by atoms with Crippen LogP contribution in [0.4, 0.5) is 0 Å². The van der Waals surface area contributed by atoms with Gasteiger partial charge in [0.15, 0.2) is 0 Å². The molecule has 112 valence electrons. The van der Waals surface area contributed by atoms with Gasteiger partial charge >= 0.3 is 0 Å². The average Bonchev–Trinajstić information content (AvgIpc) is 2.76. The first-order valence-electron chi connectivity index (χ1n) is 7.51. The summed E-state index contributed by atoms with van der Waals surface area (Å²) in [6.45, 7) is 7.41. The van der Waals surface area contributed by atoms with E-state index in [1.165, 1.54) is 5.56 Å². The topological polar surface area (TPSA) is 25.2 Å². The van der Waals surface area contributed by atoms with Crippen LogP contribution in [0.25, 0.3) is 0 Å². The lowest BCUT2D eigenvalue weighted by molar-refractivity contribution is 0.233. The predicted molar refractivity (Wildman–Crippen MR) is 86.6 cm³/mol. The van der Waals surface area contributed by atoms with E-state index in [1.807, 2.05) is 25.1 Å². The molecule has 1 aromatic heterocycles. The second-order valence-electron chi connectivity index (χ2n) is 6.81. The summed E-state index contributed by atoms with van der Waals surface area (Å²) >= 11 is 6.24. The van der Waals surface area contributed by atoms with Crippen LogP contribution >= 0.6 is 11.6 Å². The first-order valence-corrected chi connectivity index (χ1v) is 7.88. The fourth-order valence-corrected chi connectivity index (χ4v) is 3.44. The Labute approximate surface area is 131 Å². The number of benzene rings is 1. The van der Waals surface area contributed by atoms with Gasteiger partial charge in [-0.15, -0.1) is 0 Å². The van der Waals surface area contributed by atoms with Crippen molar-refractivity contribution in [3.05, 3.63) is 58.0 Å². The minimum absolute atomic E-state index is 0.259. The van der Waals surface area contributed by atoms with Crippen molar-refractivity contribution >= 4 is 11.6 Å². The second-order valence-corrected chi connectivity index (χ2v) is 7.21. The van der Waals surface area contributed by atoms with Crippen LogP contribution in [-0.4, -0.2) is 0 Å². The number of hydrogen-bond donors (Lipinski definition) is 1. The normalized spacial score (nSPS) is 20.3. The van der Waals surface area contributed by atoms with Gasteiger partial charge in [-0.2, -0.15) is 0 Å². The molecular formula is C18H22ClNO. The molecule has 0 aliphatic heterocycles. The van der Waals surface area contributed by atoms with Gasteiger partial charge in [-0.3, -0.25) is 0 Å². The summed E-state index contributed by atoms with van der Waals surface area (Å²) < 4.78 is 5.88. The van der Waals surface area contributed by atoms with Gasteiger partial charge in [0.25, 0.3) is 0 Å². The van der Waals surface area contributed by atoms with Crippen molar-refractivity contribution in [3.63, 3.8) is 0 Å². The van der Waals surface area contributed by atoms with Crippen LogP contribution in [0.1, 0.15) is 49.0 Å². The molecule has 2 aromatic rings. The fraction of sp³-hybridized carbons (Fsp3) is 0.444. The van der Waals surface area contributed by atoms with Gasteiger partial charge in [-0.25, -0.2) is 0 Å². The molecule has 1 aromatic carbocycles. The maximum atomic E-state index is 6.24. The lowest BCUT2D eigenvalue weighted by Gasteiger charge is -2.35. The molecule has 2 nitrogen and oxygen atoms in total. The largest absolute Gasteiger partial charge is 0.466 e. The molecule has 21 heavy (non-hydrogen) atoms. The molecule has 1 N–H and O–H groups in total. The lowest BCUT2D eigenvalue weighted by Crippen LogP contribution is -2.32. The molecule has 1 unspecified atom stereocenters. The Morgan fingerprint density at radius 3 is 2.86 bits per heavy atom. The Morgan fingerprint density at radius 1 is 1.33 bits per heavy atom. The Morgan fingerprint density at radius 2 is 2.10 bits per heavy atom. The van der Waals surface area contributed by atoms with E-state index in [0.29, 0.717) is 6.04 Å². The number of nitrogens with one attached hydrogen (secondary N) is 1. The summed E-state index contributed by atoms with van der Waals surface area (Å²) in [6.07, 6.45) is 2.13. The molecule has 3 heteroatoms. The van der Waals surface area contributed by atoms with E-state index < -0.39 is 0 Å². The van der Waals surface area contributed by atoms with Crippen LogP contribution < -0.4 is 5.32 Å². The lowest BCUT2D eigenvalue weighted by atomic mass is 9.74. The molecule has 0 saturated heterocycles. The summed E-state index contributed by atoms with van der Waals surface area (Å²) in [6, 6.07) is 10.5. The summed E-state index contributed by atoms with van der Waals surface area (Å²) in [5.74, 6) is 2.14. The van der Waals surface area contributed by atoms with Crippen molar-refractivity contribution < 1.29 is 4.42 Å². The van der Waals surface area contributed by atoms with Gasteiger partial charge in [0.1, 0.15) is 11.5 Å². The van der Waals surface area contributed by atoms with Crippen molar-refractivity contribution in [2.45, 2.75) is 46.2 Å². The quantitative estimate of drug-likeness (QED) is 0.859. The number of fused-ring (bicyclic) bond motifs is 1. The van der Waals surface area contributed by atoms with Gasteiger partial charge in [0.2, 0.25) is 0 Å². The van der Waals surface area contributed by atoms with E-state index in [9.17, 15) is 0 Å². The molecule has 3 rings (SSSR count). The molecule has 0 saturated carbocycles. The van der Waals surface area contributed by atoms with Crippen LogP contribution in [0.2, 0.25) is 5.02 Å². The summed E-state index contributed by atoms with van der Waals surface area (Å²) in [4.78, 5) is 0. The second kappa shape index (κ2) is 5.51. The highest BCUT2D eigenvalue weighted by molar-refractivity contribution is 6.31. The van der Waals surface area contributed by atoms with Gasteiger partial charge in [-0.1, -0.05) is 43.6 Å². The summed E-state index contributed by atoms with van der Waals surface area (Å²) in [5, 5.41) is 4.48. The van der Waals surface area contributed by atoms with Crippen LogP contribution in [0.3, 0.4) is 0 Å². The Bertz CT molecular complexity index is 644. The van der Waals surface area contributed by atoms with Crippen LogP contribution in [0.5, 0.6) is 0 Å². The summed E-state index contributed by atoms with van der Waals surface area (Å²) in [5.41, 5.74) is 2.72. The molecule has 0 fully saturated rings. The van der Waals surface area contributed by atoms with E-state index in [2.05, 4.69) is 31.3 Å². The molecule has 1 atom stereocenters. The number of aryl methyl sites for hydroxylation is 1. The van der Waals surface area contributed by atoms with Gasteiger partial charge < -0.3 is 9.73 Å². The van der Waals surface area contributed by atoms with E-state index in [-0.39, 0.29) is 5.41 Å². The highest BCUT2D eigenvalue weighted by Crippen LogP contribution is 2.42. The minimum atomic E-state index is 0.259. The molecule has 0 radical (unpaired) electrons. The van der Waals surface area contributed by atoms with Crippen molar-refractivity contribution in [2.24, 2.45) is 5.41 Å². The van der Waals surface area contributed by atoms with E-state index in [1.54, 1.807) is 0 Å². The molecule has 0 spiro atoms. The SMILES string of the molecule is Cc1cc2c(o1)CC(C)(C)CC2NCc1ccccc1Cl. The van der Waals surface area contributed by atoms with E-state index >= 15 is 0 Å². The molecule has 1 aliphatic carbocycles. The summed E-state index contributed by atoms with van der Waals surface area (Å²) in [7, 11) is 0. The van der Waals surface area contributed by atoms with E-state index in [4.69, 9.17) is 16.0 Å². The predicted octanol–water partition coefficient (Wildman–Crippen LogP) is 5.04. The van der Waals surface area contributed by atoms with Gasteiger partial charge in [0, 0.05) is 29.6 Å². The van der Waals surface area contributed by atoms with Crippen molar-refractivity contribution in [3.8, 4) is 0 Å². The van der Waals surface area contributed by atoms with Crippen molar-refractivity contribution in [2.75, 3.05) is 0 Å². The van der Waals surface area contributed by atoms with Crippen LogP contribution in [0, 0.1) is 12.3 Å². The first kappa shape index (κ1) is 14.7. The maximum absolute atomic E-state index is 6.24. The molecular weight excluding hydrogens is 282 g/mol. The number of hydrogen-bond acceptors (Lipinski definition) is 2. The molecule has 0 amide bonds. The molecule has 1 heterocycles. The maximum Gasteiger partial charge on any atom is 0.109 e. The number of rotatable bonds is 3. The smallest absolute Gasteiger partial charge is 0.109 e. The van der Waals surface area contributed by atoms with Crippen molar-refractivity contribution in [1.29, 1.82) is 0 Å². The van der Waals surface area contributed by atoms with Gasteiger partial charge in [0.05, 0.1) is 0 Å². The monoisotopic (exact) mass is 303 g/mol. The minimum Gasteiger partial charge on any atom is -0.466 e. The Kier molecular flexibility index (Phi) is 3.85. The zero-order chi connectivity index (χ0) is 15.0.